The Morgan fingerprint density at radius 1 is 1.00 bits per heavy atom. The Bertz CT molecular complexity index is 797. The summed E-state index contributed by atoms with van der Waals surface area (Å²) in [5.74, 6) is 0.301. The highest BCUT2D eigenvalue weighted by Crippen LogP contribution is 2.30. The molecule has 1 aromatic heterocycles. The Hall–Kier alpha value is -2.63. The van der Waals surface area contributed by atoms with Gasteiger partial charge in [-0.25, -0.2) is 0 Å². The fourth-order valence-corrected chi connectivity index (χ4v) is 2.10. The van der Waals surface area contributed by atoms with Gasteiger partial charge in [0.05, 0.1) is 11.8 Å². The second-order valence-electron chi connectivity index (χ2n) is 4.72. The molecule has 0 saturated carbocycles. The molecular weight excluding hydrogens is 293 g/mol. The van der Waals surface area contributed by atoms with Crippen LogP contribution in [0.3, 0.4) is 0 Å². The molecule has 112 valence electrons. The molecule has 3 aromatic rings. The van der Waals surface area contributed by atoms with Crippen molar-refractivity contribution in [3.8, 4) is 5.88 Å². The quantitative estimate of drug-likeness (QED) is 0.726. The van der Waals surface area contributed by atoms with Crippen LogP contribution in [0.1, 0.15) is 11.1 Å². The first-order chi connectivity index (χ1) is 10.5. The predicted molar refractivity (Wildman–Crippen MR) is 75.3 cm³/mol. The van der Waals surface area contributed by atoms with Crippen LogP contribution in [-0.2, 0) is 12.8 Å². The van der Waals surface area contributed by atoms with Gasteiger partial charge < -0.3 is 4.74 Å². The molecule has 0 unspecified atom stereocenters. The van der Waals surface area contributed by atoms with E-state index in [1.807, 2.05) is 24.3 Å². The molecule has 22 heavy (non-hydrogen) atoms. The molecule has 0 saturated heterocycles. The summed E-state index contributed by atoms with van der Waals surface area (Å²) in [4.78, 5) is 0. The molecule has 3 rings (SSSR count). The summed E-state index contributed by atoms with van der Waals surface area (Å²) in [6, 6.07) is 12.4. The average molecular weight is 304 g/mol. The third-order valence-corrected chi connectivity index (χ3v) is 3.17. The van der Waals surface area contributed by atoms with E-state index < -0.39 is 11.7 Å². The molecular formula is C16H11F3N2O. The van der Waals surface area contributed by atoms with Gasteiger partial charge in [0.1, 0.15) is 6.61 Å². The van der Waals surface area contributed by atoms with Crippen LogP contribution in [0.25, 0.3) is 10.8 Å². The maximum absolute atomic E-state index is 12.7. The molecule has 0 N–H and O–H groups in total. The van der Waals surface area contributed by atoms with Crippen molar-refractivity contribution < 1.29 is 17.9 Å². The summed E-state index contributed by atoms with van der Waals surface area (Å²) in [6.45, 7) is -0.00733. The number of hydrogen-bond donors (Lipinski definition) is 0. The molecule has 3 nitrogen and oxygen atoms in total. The molecule has 0 fully saturated rings. The minimum Gasteiger partial charge on any atom is -0.471 e. The fraction of sp³-hybridized carbons (Fsp3) is 0.125. The lowest BCUT2D eigenvalue weighted by Gasteiger charge is -2.10. The Morgan fingerprint density at radius 3 is 2.64 bits per heavy atom. The number of fused-ring (bicyclic) bond motifs is 1. The number of rotatable bonds is 3. The van der Waals surface area contributed by atoms with Crippen molar-refractivity contribution in [2.24, 2.45) is 0 Å². The van der Waals surface area contributed by atoms with Crippen LogP contribution in [0, 0.1) is 0 Å². The molecule has 0 aliphatic heterocycles. The van der Waals surface area contributed by atoms with E-state index in [1.54, 1.807) is 12.3 Å². The van der Waals surface area contributed by atoms with Crippen LogP contribution in [0.2, 0.25) is 0 Å². The lowest BCUT2D eigenvalue weighted by atomic mass is 10.1. The summed E-state index contributed by atoms with van der Waals surface area (Å²) in [7, 11) is 0. The van der Waals surface area contributed by atoms with Crippen molar-refractivity contribution in [3.05, 3.63) is 65.9 Å². The molecule has 6 heteroatoms. The lowest BCUT2D eigenvalue weighted by molar-refractivity contribution is -0.137. The second kappa shape index (κ2) is 5.63. The Kier molecular flexibility index (Phi) is 3.66. The van der Waals surface area contributed by atoms with Crippen molar-refractivity contribution in [3.63, 3.8) is 0 Å². The number of hydrogen-bond acceptors (Lipinski definition) is 3. The molecule has 0 amide bonds. The summed E-state index contributed by atoms with van der Waals surface area (Å²) < 4.78 is 43.6. The zero-order valence-corrected chi connectivity index (χ0v) is 11.3. The van der Waals surface area contributed by atoms with Crippen LogP contribution in [0.15, 0.2) is 54.7 Å². The average Bonchev–Trinajstić information content (AvgIpc) is 2.52. The van der Waals surface area contributed by atoms with E-state index in [0.717, 1.165) is 22.9 Å². The van der Waals surface area contributed by atoms with Crippen LogP contribution >= 0.6 is 0 Å². The molecule has 1 heterocycles. The van der Waals surface area contributed by atoms with E-state index in [2.05, 4.69) is 10.2 Å². The number of aromatic nitrogens is 2. The maximum atomic E-state index is 12.7. The van der Waals surface area contributed by atoms with E-state index >= 15 is 0 Å². The number of ether oxygens (including phenoxy) is 1. The second-order valence-corrected chi connectivity index (χ2v) is 4.72. The van der Waals surface area contributed by atoms with Gasteiger partial charge in [-0.05, 0) is 23.8 Å². The van der Waals surface area contributed by atoms with Crippen LogP contribution in [-0.4, -0.2) is 10.2 Å². The molecule has 0 aliphatic carbocycles. The molecule has 0 bridgehead atoms. The highest BCUT2D eigenvalue weighted by molar-refractivity contribution is 5.85. The van der Waals surface area contributed by atoms with Crippen LogP contribution in [0.5, 0.6) is 5.88 Å². The Morgan fingerprint density at radius 2 is 1.82 bits per heavy atom. The zero-order chi connectivity index (χ0) is 15.6. The maximum Gasteiger partial charge on any atom is 0.416 e. The van der Waals surface area contributed by atoms with Gasteiger partial charge in [-0.3, -0.25) is 0 Å². The largest absolute Gasteiger partial charge is 0.471 e. The summed E-state index contributed by atoms with van der Waals surface area (Å²) in [6.07, 6.45) is -2.76. The van der Waals surface area contributed by atoms with Crippen molar-refractivity contribution >= 4 is 10.8 Å². The van der Waals surface area contributed by atoms with Crippen LogP contribution in [0.4, 0.5) is 13.2 Å². The highest BCUT2D eigenvalue weighted by Gasteiger charge is 2.30. The third-order valence-electron chi connectivity index (χ3n) is 3.17. The third kappa shape index (κ3) is 3.00. The predicted octanol–water partition coefficient (Wildman–Crippen LogP) is 4.23. The van der Waals surface area contributed by atoms with Gasteiger partial charge in [0.2, 0.25) is 5.88 Å². The first-order valence-corrected chi connectivity index (χ1v) is 6.53. The smallest absolute Gasteiger partial charge is 0.416 e. The van der Waals surface area contributed by atoms with Gasteiger partial charge in [-0.1, -0.05) is 30.3 Å². The van der Waals surface area contributed by atoms with Gasteiger partial charge in [0.15, 0.2) is 0 Å². The highest BCUT2D eigenvalue weighted by atomic mass is 19.4. The normalized spacial score (nSPS) is 11.6. The number of benzene rings is 2. The first-order valence-electron chi connectivity index (χ1n) is 6.53. The lowest BCUT2D eigenvalue weighted by Crippen LogP contribution is -2.06. The molecule has 2 aromatic carbocycles. The van der Waals surface area contributed by atoms with Gasteiger partial charge >= 0.3 is 6.18 Å². The summed E-state index contributed by atoms with van der Waals surface area (Å²) in [5, 5.41) is 9.35. The zero-order valence-electron chi connectivity index (χ0n) is 11.3. The van der Waals surface area contributed by atoms with E-state index in [1.165, 1.54) is 6.07 Å². The van der Waals surface area contributed by atoms with Gasteiger partial charge in [0, 0.05) is 10.8 Å². The number of alkyl halides is 3. The molecule has 0 atom stereocenters. The number of halogens is 3. The molecule has 0 spiro atoms. The van der Waals surface area contributed by atoms with E-state index in [4.69, 9.17) is 4.74 Å². The first kappa shape index (κ1) is 14.3. The van der Waals surface area contributed by atoms with E-state index in [-0.39, 0.29) is 6.61 Å². The van der Waals surface area contributed by atoms with Crippen molar-refractivity contribution in [1.82, 2.24) is 10.2 Å². The van der Waals surface area contributed by atoms with E-state index in [0.29, 0.717) is 11.4 Å². The monoisotopic (exact) mass is 304 g/mol. The van der Waals surface area contributed by atoms with Gasteiger partial charge in [-0.15, -0.1) is 5.10 Å². The summed E-state index contributed by atoms with van der Waals surface area (Å²) in [5.41, 5.74) is -0.276. The Balaban J connectivity index is 1.83. The number of nitrogens with zero attached hydrogens (tertiary/aromatic N) is 2. The van der Waals surface area contributed by atoms with Crippen molar-refractivity contribution in [2.45, 2.75) is 12.8 Å². The molecule has 0 radical (unpaired) electrons. The van der Waals surface area contributed by atoms with E-state index in [9.17, 15) is 13.2 Å². The minimum atomic E-state index is -4.37. The Labute approximate surface area is 124 Å². The fourth-order valence-electron chi connectivity index (χ4n) is 2.10. The van der Waals surface area contributed by atoms with Crippen LogP contribution < -0.4 is 4.74 Å². The molecule has 0 aliphatic rings. The minimum absolute atomic E-state index is 0.00733. The van der Waals surface area contributed by atoms with Gasteiger partial charge in [-0.2, -0.15) is 18.3 Å². The van der Waals surface area contributed by atoms with Gasteiger partial charge in [0.25, 0.3) is 0 Å². The van der Waals surface area contributed by atoms with Crippen molar-refractivity contribution in [2.75, 3.05) is 0 Å². The topological polar surface area (TPSA) is 35.0 Å². The summed E-state index contributed by atoms with van der Waals surface area (Å²) >= 11 is 0. The SMILES string of the molecule is FC(F)(F)c1cccc(COc2nncc3ccccc23)c1. The standard InChI is InChI=1S/C16H11F3N2O/c17-16(18,19)13-6-3-4-11(8-13)10-22-15-14-7-2-1-5-12(14)9-20-21-15/h1-9H,10H2. The van der Waals surface area contributed by atoms with Crippen molar-refractivity contribution in [1.29, 1.82) is 0 Å².